The van der Waals surface area contributed by atoms with Gasteiger partial charge in [-0.3, -0.25) is 4.79 Å². The van der Waals surface area contributed by atoms with Gasteiger partial charge < -0.3 is 5.32 Å². The van der Waals surface area contributed by atoms with Gasteiger partial charge in [0.15, 0.2) is 5.78 Å². The molecular weight excluding hydrogens is 351 g/mol. The van der Waals surface area contributed by atoms with Gasteiger partial charge in [-0.05, 0) is 23.8 Å². The Morgan fingerprint density at radius 3 is 2.11 bits per heavy atom. The predicted octanol–water partition coefficient (Wildman–Crippen LogP) is 5.88. The fourth-order valence-electron chi connectivity index (χ4n) is 3.21. The van der Waals surface area contributed by atoms with Gasteiger partial charge in [0.2, 0.25) is 0 Å². The van der Waals surface area contributed by atoms with E-state index in [0.717, 1.165) is 12.1 Å². The number of alkyl halides is 3. The first-order valence-corrected chi connectivity index (χ1v) is 8.33. The zero-order valence-electron chi connectivity index (χ0n) is 14.0. The van der Waals surface area contributed by atoms with Gasteiger partial charge in [0.05, 0.1) is 16.8 Å². The van der Waals surface area contributed by atoms with Gasteiger partial charge in [-0.25, -0.2) is 0 Å². The Morgan fingerprint density at radius 1 is 0.741 bits per heavy atom. The highest BCUT2D eigenvalue weighted by molar-refractivity contribution is 6.40. The molecule has 0 atom stereocenters. The third-order valence-corrected chi connectivity index (χ3v) is 4.44. The monoisotopic (exact) mass is 365 g/mol. The quantitative estimate of drug-likeness (QED) is 0.628. The first-order valence-electron chi connectivity index (χ1n) is 8.33. The second kappa shape index (κ2) is 6.43. The molecule has 0 saturated carbocycles. The van der Waals surface area contributed by atoms with E-state index in [0.29, 0.717) is 28.0 Å². The normalized spacial score (nSPS) is 13.7. The highest BCUT2D eigenvalue weighted by Gasteiger charge is 2.32. The first kappa shape index (κ1) is 17.1. The molecule has 0 amide bonds. The summed E-state index contributed by atoms with van der Waals surface area (Å²) in [4.78, 5) is 12.9. The van der Waals surface area contributed by atoms with Crippen molar-refractivity contribution in [1.29, 1.82) is 0 Å². The second-order valence-electron chi connectivity index (χ2n) is 6.19. The summed E-state index contributed by atoms with van der Waals surface area (Å²) in [5.74, 6) is -0.147. The van der Waals surface area contributed by atoms with Crippen LogP contribution in [0, 0.1) is 0 Å². The second-order valence-corrected chi connectivity index (χ2v) is 6.19. The minimum atomic E-state index is -4.43. The molecule has 27 heavy (non-hydrogen) atoms. The molecule has 5 heteroatoms. The van der Waals surface area contributed by atoms with Crippen LogP contribution in [-0.4, -0.2) is 5.78 Å². The molecule has 134 valence electrons. The largest absolute Gasteiger partial charge is 0.416 e. The molecule has 0 bridgehead atoms. The molecule has 0 spiro atoms. The van der Waals surface area contributed by atoms with E-state index < -0.39 is 11.7 Å². The van der Waals surface area contributed by atoms with Crippen LogP contribution < -0.4 is 5.32 Å². The lowest BCUT2D eigenvalue weighted by molar-refractivity contribution is -0.137. The Kier molecular flexibility index (Phi) is 4.07. The SMILES string of the molecule is O=C1C(c2ccccc2)=C(Nc2cccc(C(F)(F)F)c2)c2ccccc21. The van der Waals surface area contributed by atoms with Crippen molar-refractivity contribution in [3.8, 4) is 0 Å². The maximum atomic E-state index is 13.0. The molecule has 4 rings (SSSR count). The summed E-state index contributed by atoms with van der Waals surface area (Å²) in [5.41, 5.74) is 2.43. The number of benzene rings is 3. The van der Waals surface area contributed by atoms with Gasteiger partial charge in [0, 0.05) is 16.8 Å². The van der Waals surface area contributed by atoms with Crippen LogP contribution in [0.5, 0.6) is 0 Å². The molecule has 3 aromatic rings. The Hall–Kier alpha value is -3.34. The van der Waals surface area contributed by atoms with Crippen LogP contribution in [0.25, 0.3) is 11.3 Å². The number of halogens is 3. The summed E-state index contributed by atoms with van der Waals surface area (Å²) in [6.07, 6.45) is -4.43. The van der Waals surface area contributed by atoms with E-state index in [4.69, 9.17) is 0 Å². The van der Waals surface area contributed by atoms with Crippen molar-refractivity contribution < 1.29 is 18.0 Å². The lowest BCUT2D eigenvalue weighted by atomic mass is 10.0. The van der Waals surface area contributed by atoms with Crippen LogP contribution in [0.2, 0.25) is 0 Å². The molecule has 1 aliphatic carbocycles. The summed E-state index contributed by atoms with van der Waals surface area (Å²) in [7, 11) is 0. The molecule has 0 aliphatic heterocycles. The number of fused-ring (bicyclic) bond motifs is 1. The number of Topliss-reactive ketones (excluding diaryl/α,β-unsaturated/α-hetero) is 1. The zero-order valence-corrected chi connectivity index (χ0v) is 14.0. The van der Waals surface area contributed by atoms with Gasteiger partial charge in [0.1, 0.15) is 0 Å². The van der Waals surface area contributed by atoms with E-state index in [9.17, 15) is 18.0 Å². The van der Waals surface area contributed by atoms with E-state index in [1.165, 1.54) is 6.07 Å². The lowest BCUT2D eigenvalue weighted by Crippen LogP contribution is -2.06. The summed E-state index contributed by atoms with van der Waals surface area (Å²) in [6.45, 7) is 0. The Morgan fingerprint density at radius 2 is 1.41 bits per heavy atom. The third-order valence-electron chi connectivity index (χ3n) is 4.44. The summed E-state index contributed by atoms with van der Waals surface area (Å²) >= 11 is 0. The van der Waals surface area contributed by atoms with Crippen LogP contribution in [0.3, 0.4) is 0 Å². The maximum absolute atomic E-state index is 13.0. The Balaban J connectivity index is 1.85. The van der Waals surface area contributed by atoms with Crippen molar-refractivity contribution in [1.82, 2.24) is 0 Å². The van der Waals surface area contributed by atoms with E-state index in [-0.39, 0.29) is 11.5 Å². The van der Waals surface area contributed by atoms with Crippen LogP contribution >= 0.6 is 0 Å². The van der Waals surface area contributed by atoms with Gasteiger partial charge in [0.25, 0.3) is 0 Å². The topological polar surface area (TPSA) is 29.1 Å². The van der Waals surface area contributed by atoms with E-state index in [1.54, 1.807) is 30.3 Å². The molecular formula is C22H14F3NO. The first-order chi connectivity index (χ1) is 12.9. The predicted molar refractivity (Wildman–Crippen MR) is 99.1 cm³/mol. The molecule has 0 saturated heterocycles. The molecule has 0 fully saturated rings. The highest BCUT2D eigenvalue weighted by atomic mass is 19.4. The van der Waals surface area contributed by atoms with Crippen molar-refractivity contribution in [2.45, 2.75) is 6.18 Å². The number of rotatable bonds is 3. The average molecular weight is 365 g/mol. The van der Waals surface area contributed by atoms with E-state index in [2.05, 4.69) is 5.32 Å². The van der Waals surface area contributed by atoms with Crippen molar-refractivity contribution in [3.05, 3.63) is 101 Å². The average Bonchev–Trinajstić information content (AvgIpc) is 2.94. The molecule has 2 nitrogen and oxygen atoms in total. The summed E-state index contributed by atoms with van der Waals surface area (Å²) < 4.78 is 39.1. The Bertz CT molecular complexity index is 1050. The number of carbonyl (C=O) groups is 1. The molecule has 0 unspecified atom stereocenters. The standard InChI is InChI=1S/C22H14F3NO/c23-22(24,25)15-9-6-10-16(13-15)26-20-17-11-4-5-12-18(17)21(27)19(20)14-7-2-1-3-8-14/h1-13,26H. The van der Waals surface area contributed by atoms with Crippen molar-refractivity contribution in [3.63, 3.8) is 0 Å². The smallest absolute Gasteiger partial charge is 0.354 e. The number of ketones is 1. The number of hydrogen-bond donors (Lipinski definition) is 1. The molecule has 1 aliphatic rings. The van der Waals surface area contributed by atoms with Gasteiger partial charge in [-0.15, -0.1) is 0 Å². The van der Waals surface area contributed by atoms with Crippen LogP contribution in [-0.2, 0) is 6.18 Å². The van der Waals surface area contributed by atoms with Gasteiger partial charge in [-0.2, -0.15) is 13.2 Å². The minimum absolute atomic E-state index is 0.147. The number of hydrogen-bond acceptors (Lipinski definition) is 2. The van der Waals surface area contributed by atoms with E-state index in [1.807, 2.05) is 30.3 Å². The lowest BCUT2D eigenvalue weighted by Gasteiger charge is -2.14. The third kappa shape index (κ3) is 3.12. The van der Waals surface area contributed by atoms with E-state index >= 15 is 0 Å². The molecule has 1 N–H and O–H groups in total. The number of carbonyl (C=O) groups excluding carboxylic acids is 1. The fraction of sp³-hybridized carbons (Fsp3) is 0.0455. The van der Waals surface area contributed by atoms with Crippen molar-refractivity contribution in [2.75, 3.05) is 5.32 Å². The Labute approximate surface area is 154 Å². The number of allylic oxidation sites excluding steroid dienone is 1. The number of anilines is 1. The van der Waals surface area contributed by atoms with Crippen molar-refractivity contribution >= 4 is 22.7 Å². The summed E-state index contributed by atoms with van der Waals surface area (Å²) in [5, 5.41) is 3.05. The minimum Gasteiger partial charge on any atom is -0.354 e. The molecule has 0 radical (unpaired) electrons. The fourth-order valence-corrected chi connectivity index (χ4v) is 3.21. The van der Waals surface area contributed by atoms with Gasteiger partial charge >= 0.3 is 6.18 Å². The highest BCUT2D eigenvalue weighted by Crippen LogP contribution is 2.39. The van der Waals surface area contributed by atoms with Gasteiger partial charge in [-0.1, -0.05) is 60.7 Å². The molecule has 0 heterocycles. The van der Waals surface area contributed by atoms with Crippen LogP contribution in [0.1, 0.15) is 27.0 Å². The van der Waals surface area contributed by atoms with Crippen molar-refractivity contribution in [2.24, 2.45) is 0 Å². The maximum Gasteiger partial charge on any atom is 0.416 e. The van der Waals surface area contributed by atoms with Crippen LogP contribution in [0.15, 0.2) is 78.9 Å². The molecule has 0 aromatic heterocycles. The van der Waals surface area contributed by atoms with Crippen LogP contribution in [0.4, 0.5) is 18.9 Å². The molecule has 3 aromatic carbocycles. The number of nitrogens with one attached hydrogen (secondary N) is 1. The summed E-state index contributed by atoms with van der Waals surface area (Å²) in [6, 6.07) is 21.2. The zero-order chi connectivity index (χ0) is 19.0.